The third kappa shape index (κ3) is 21.6. The number of hydrogen-bond acceptors (Lipinski definition) is 4. The van der Waals surface area contributed by atoms with Crippen LogP contribution in [0, 0.1) is 5.41 Å². The van der Waals surface area contributed by atoms with Gasteiger partial charge in [0.1, 0.15) is 6.10 Å². The van der Waals surface area contributed by atoms with Gasteiger partial charge >= 0.3 is 5.97 Å². The Labute approximate surface area is 205 Å². The molecule has 0 aliphatic rings. The first kappa shape index (κ1) is 34.5. The highest BCUT2D eigenvalue weighted by atomic mass is 16.4. The fourth-order valence-electron chi connectivity index (χ4n) is 4.31. The molecule has 4 N–H and O–H groups in total. The Morgan fingerprint density at radius 2 is 0.848 bits per heavy atom. The van der Waals surface area contributed by atoms with E-state index in [0.29, 0.717) is 0 Å². The quantitative estimate of drug-likeness (QED) is 0.117. The average Bonchev–Trinajstić information content (AvgIpc) is 2.82. The van der Waals surface area contributed by atoms with Gasteiger partial charge in [-0.2, -0.15) is 0 Å². The molecular formula is C28H58O5. The van der Waals surface area contributed by atoms with Crippen molar-refractivity contribution in [3.05, 3.63) is 0 Å². The van der Waals surface area contributed by atoms with Crippen LogP contribution < -0.4 is 0 Å². The maximum absolute atomic E-state index is 12.3. The van der Waals surface area contributed by atoms with Gasteiger partial charge in [-0.25, -0.2) is 0 Å². The van der Waals surface area contributed by atoms with Crippen LogP contribution in [0.2, 0.25) is 0 Å². The van der Waals surface area contributed by atoms with E-state index in [0.717, 1.165) is 38.5 Å². The standard InChI is InChI=1S/C25H50O2.C3H8O3/c1-4-7-10-13-14-17-20-23-25(24(26)27,21-18-15-11-8-5-2)22-19-16-12-9-6-3;4-1-3(6)2-5/h4-23H2,1-3H3,(H,26,27);3-6H,1-2H2. The third-order valence-corrected chi connectivity index (χ3v) is 6.65. The van der Waals surface area contributed by atoms with Crippen LogP contribution in [-0.2, 0) is 4.79 Å². The number of carboxylic acids is 1. The second-order valence-electron chi connectivity index (χ2n) is 9.80. The molecule has 0 spiro atoms. The first-order chi connectivity index (χ1) is 15.9. The first-order valence-corrected chi connectivity index (χ1v) is 14.1. The smallest absolute Gasteiger partial charge is 0.309 e. The molecule has 0 bridgehead atoms. The number of rotatable bonds is 23. The summed E-state index contributed by atoms with van der Waals surface area (Å²) in [6, 6.07) is 0. The molecule has 0 amide bonds. The van der Waals surface area contributed by atoms with E-state index in [2.05, 4.69) is 20.8 Å². The van der Waals surface area contributed by atoms with E-state index in [1.54, 1.807) is 0 Å². The van der Waals surface area contributed by atoms with Gasteiger partial charge in [-0.05, 0) is 19.3 Å². The lowest BCUT2D eigenvalue weighted by molar-refractivity contribution is -0.150. The normalized spacial score (nSPS) is 11.5. The number of aliphatic carboxylic acids is 1. The zero-order valence-electron chi connectivity index (χ0n) is 22.3. The average molecular weight is 475 g/mol. The van der Waals surface area contributed by atoms with E-state index < -0.39 is 17.5 Å². The van der Waals surface area contributed by atoms with Gasteiger partial charge in [-0.1, -0.05) is 130 Å². The lowest BCUT2D eigenvalue weighted by atomic mass is 9.74. The van der Waals surface area contributed by atoms with Crippen LogP contribution in [0.25, 0.3) is 0 Å². The SMILES string of the molecule is CCCCCCCCCC(CCCCCCC)(CCCCCCC)C(=O)O.OCC(O)CO. The summed E-state index contributed by atoms with van der Waals surface area (Å²) in [5.74, 6) is -0.514. The predicted molar refractivity (Wildman–Crippen MR) is 140 cm³/mol. The van der Waals surface area contributed by atoms with Crippen molar-refractivity contribution >= 4 is 5.97 Å². The minimum absolute atomic E-state index is 0.365. The molecule has 0 atom stereocenters. The Hall–Kier alpha value is -0.650. The number of carboxylic acid groups (broad SMARTS) is 1. The molecule has 33 heavy (non-hydrogen) atoms. The van der Waals surface area contributed by atoms with Crippen molar-refractivity contribution in [2.24, 2.45) is 5.41 Å². The zero-order chi connectivity index (χ0) is 25.2. The summed E-state index contributed by atoms with van der Waals surface area (Å²) >= 11 is 0. The van der Waals surface area contributed by atoms with E-state index in [1.807, 2.05) is 0 Å². The zero-order valence-corrected chi connectivity index (χ0v) is 22.3. The molecule has 5 nitrogen and oxygen atoms in total. The number of hydrogen-bond donors (Lipinski definition) is 4. The number of unbranched alkanes of at least 4 members (excludes halogenated alkanes) is 14. The van der Waals surface area contributed by atoms with E-state index in [9.17, 15) is 9.90 Å². The van der Waals surface area contributed by atoms with Crippen molar-refractivity contribution in [3.63, 3.8) is 0 Å². The highest BCUT2D eigenvalue weighted by Gasteiger charge is 2.36. The molecule has 5 heteroatoms. The number of aliphatic hydroxyl groups excluding tert-OH is 3. The minimum Gasteiger partial charge on any atom is -0.481 e. The minimum atomic E-state index is -0.954. The Kier molecular flexibility index (Phi) is 27.2. The van der Waals surface area contributed by atoms with Gasteiger partial charge in [-0.3, -0.25) is 4.79 Å². The van der Waals surface area contributed by atoms with Gasteiger partial charge in [0.2, 0.25) is 0 Å². The molecule has 0 heterocycles. The molecule has 0 aromatic heterocycles. The van der Waals surface area contributed by atoms with Crippen LogP contribution in [0.5, 0.6) is 0 Å². The molecule has 0 aromatic carbocycles. The van der Waals surface area contributed by atoms with Crippen LogP contribution in [0.1, 0.15) is 149 Å². The fraction of sp³-hybridized carbons (Fsp3) is 0.964. The fourth-order valence-corrected chi connectivity index (χ4v) is 4.31. The lowest BCUT2D eigenvalue weighted by Gasteiger charge is -2.30. The van der Waals surface area contributed by atoms with Crippen LogP contribution in [0.4, 0.5) is 0 Å². The van der Waals surface area contributed by atoms with Gasteiger partial charge in [-0.15, -0.1) is 0 Å². The van der Waals surface area contributed by atoms with Crippen LogP contribution in [0.15, 0.2) is 0 Å². The van der Waals surface area contributed by atoms with Crippen molar-refractivity contribution < 1.29 is 25.2 Å². The summed E-state index contributed by atoms with van der Waals surface area (Å²) in [7, 11) is 0. The van der Waals surface area contributed by atoms with Crippen molar-refractivity contribution in [1.82, 2.24) is 0 Å². The summed E-state index contributed by atoms with van der Waals surface area (Å²) < 4.78 is 0. The molecule has 0 radical (unpaired) electrons. The molecule has 0 aliphatic carbocycles. The van der Waals surface area contributed by atoms with Crippen molar-refractivity contribution in [2.45, 2.75) is 155 Å². The lowest BCUT2D eigenvalue weighted by Crippen LogP contribution is -2.31. The first-order valence-electron chi connectivity index (χ1n) is 14.1. The molecule has 0 rings (SSSR count). The van der Waals surface area contributed by atoms with E-state index >= 15 is 0 Å². The second-order valence-corrected chi connectivity index (χ2v) is 9.80. The molecule has 0 fully saturated rings. The number of carbonyl (C=O) groups is 1. The summed E-state index contributed by atoms with van der Waals surface area (Å²) in [6.07, 6.45) is 22.8. The monoisotopic (exact) mass is 474 g/mol. The Morgan fingerprint density at radius 3 is 1.06 bits per heavy atom. The maximum Gasteiger partial charge on any atom is 0.309 e. The molecule has 200 valence electrons. The van der Waals surface area contributed by atoms with Gasteiger partial charge in [0.15, 0.2) is 0 Å². The molecule has 0 aliphatic heterocycles. The van der Waals surface area contributed by atoms with Crippen LogP contribution in [-0.4, -0.2) is 45.7 Å². The second kappa shape index (κ2) is 26.0. The van der Waals surface area contributed by atoms with Crippen molar-refractivity contribution in [1.29, 1.82) is 0 Å². The molecule has 0 saturated carbocycles. The number of aliphatic hydroxyl groups is 3. The summed E-state index contributed by atoms with van der Waals surface area (Å²) in [6.45, 7) is 5.99. The van der Waals surface area contributed by atoms with Crippen LogP contribution >= 0.6 is 0 Å². The van der Waals surface area contributed by atoms with E-state index in [-0.39, 0.29) is 13.2 Å². The highest BCUT2D eigenvalue weighted by molar-refractivity contribution is 5.74. The molecule has 0 saturated heterocycles. The summed E-state index contributed by atoms with van der Waals surface area (Å²) in [5, 5.41) is 34.1. The third-order valence-electron chi connectivity index (χ3n) is 6.65. The highest BCUT2D eigenvalue weighted by Crippen LogP contribution is 2.38. The van der Waals surface area contributed by atoms with Gasteiger partial charge in [0, 0.05) is 0 Å². The van der Waals surface area contributed by atoms with Crippen molar-refractivity contribution in [3.8, 4) is 0 Å². The Balaban J connectivity index is 0. The Morgan fingerprint density at radius 1 is 0.576 bits per heavy atom. The van der Waals surface area contributed by atoms with Crippen LogP contribution in [0.3, 0.4) is 0 Å². The molecule has 0 aromatic rings. The van der Waals surface area contributed by atoms with E-state index in [4.69, 9.17) is 15.3 Å². The Bertz CT molecular complexity index is 382. The maximum atomic E-state index is 12.3. The predicted octanol–water partition coefficient (Wildman–Crippen LogP) is 7.25. The van der Waals surface area contributed by atoms with E-state index in [1.165, 1.54) is 89.9 Å². The summed E-state index contributed by atoms with van der Waals surface area (Å²) in [5.41, 5.74) is -0.443. The molecule has 0 unspecified atom stereocenters. The summed E-state index contributed by atoms with van der Waals surface area (Å²) in [4.78, 5) is 12.3. The molecular weight excluding hydrogens is 416 g/mol. The largest absolute Gasteiger partial charge is 0.481 e. The van der Waals surface area contributed by atoms with Gasteiger partial charge in [0.05, 0.1) is 18.6 Å². The topological polar surface area (TPSA) is 98.0 Å². The van der Waals surface area contributed by atoms with Gasteiger partial charge < -0.3 is 20.4 Å². The van der Waals surface area contributed by atoms with Gasteiger partial charge in [0.25, 0.3) is 0 Å². The van der Waals surface area contributed by atoms with Crippen molar-refractivity contribution in [2.75, 3.05) is 13.2 Å².